The molecule has 0 saturated carbocycles. The first-order chi connectivity index (χ1) is 20.2. The molecule has 0 aliphatic rings. The lowest BCUT2D eigenvalue weighted by Gasteiger charge is -2.31. The van der Waals surface area contributed by atoms with Crippen molar-refractivity contribution in [1.82, 2.24) is 0 Å². The molecule has 0 aliphatic carbocycles. The third kappa shape index (κ3) is 5.29. The van der Waals surface area contributed by atoms with Crippen LogP contribution in [0.25, 0.3) is 43.9 Å². The second-order valence-electron chi connectivity index (χ2n) is 10.5. The molecule has 0 spiro atoms. The average molecular weight is 573 g/mol. The van der Waals surface area contributed by atoms with E-state index in [9.17, 15) is 14.7 Å². The lowest BCUT2D eigenvalue weighted by Crippen LogP contribution is -2.43. The molecule has 10 heteroatoms. The van der Waals surface area contributed by atoms with Gasteiger partial charge in [-0.3, -0.25) is 0 Å². The summed E-state index contributed by atoms with van der Waals surface area (Å²) >= 11 is 0. The van der Waals surface area contributed by atoms with E-state index in [2.05, 4.69) is 0 Å². The first-order valence-electron chi connectivity index (χ1n) is 13.3. The number of hydrogen-bond donors (Lipinski definition) is 1. The molecule has 0 fully saturated rings. The first kappa shape index (κ1) is 27.4. The van der Waals surface area contributed by atoms with E-state index >= 15 is 0 Å². The Labute approximate surface area is 238 Å². The van der Waals surface area contributed by atoms with Crippen molar-refractivity contribution in [1.29, 1.82) is 0 Å². The molecule has 0 bridgehead atoms. The van der Waals surface area contributed by atoms with Gasteiger partial charge in [-0.15, -0.1) is 0 Å². The molecule has 0 amide bonds. The van der Waals surface area contributed by atoms with E-state index < -0.39 is 23.0 Å². The van der Waals surface area contributed by atoms with Gasteiger partial charge in [0, 0.05) is 33.7 Å². The van der Waals surface area contributed by atoms with Crippen LogP contribution in [0.5, 0.6) is 11.5 Å². The zero-order valence-corrected chi connectivity index (χ0v) is 23.2. The minimum Gasteiger partial charge on any atom is -0.483 e. The fraction of sp³-hybridized carbons (Fsp3) is 0.250. The lowest BCUT2D eigenvalue weighted by molar-refractivity contribution is -0.105. The van der Waals surface area contributed by atoms with Crippen LogP contribution in [0.15, 0.2) is 100.0 Å². The minimum absolute atomic E-state index is 0.141. The lowest BCUT2D eigenvalue weighted by atomic mass is 10.0. The van der Waals surface area contributed by atoms with Gasteiger partial charge in [0.25, 0.3) is 0 Å². The van der Waals surface area contributed by atoms with E-state index in [0.29, 0.717) is 27.9 Å². The highest BCUT2D eigenvalue weighted by Gasteiger charge is 2.30. The number of benzene rings is 2. The second kappa shape index (κ2) is 10.9. The van der Waals surface area contributed by atoms with Gasteiger partial charge in [0.1, 0.15) is 19.3 Å². The molecule has 6 rings (SSSR count). The summed E-state index contributed by atoms with van der Waals surface area (Å²) in [5, 5.41) is 14.0. The Bertz CT molecular complexity index is 2050. The number of furan rings is 2. The monoisotopic (exact) mass is 572 g/mol. The predicted octanol–water partition coefficient (Wildman–Crippen LogP) is 5.95. The van der Waals surface area contributed by atoms with Crippen LogP contribution >= 0.6 is 0 Å². The molecule has 1 atom stereocenters. The second-order valence-corrected chi connectivity index (χ2v) is 10.5. The molecular weight excluding hydrogens is 544 g/mol. The molecule has 0 saturated heterocycles. The molecule has 4 aromatic heterocycles. The van der Waals surface area contributed by atoms with Gasteiger partial charge in [-0.05, 0) is 68.8 Å². The van der Waals surface area contributed by atoms with Crippen molar-refractivity contribution >= 4 is 43.9 Å². The molecule has 2 aromatic carbocycles. The molecule has 4 heterocycles. The van der Waals surface area contributed by atoms with E-state index in [1.807, 2.05) is 31.2 Å². The number of aliphatic hydroxyl groups excluding tert-OH is 1. The molecule has 6 aromatic rings. The van der Waals surface area contributed by atoms with Gasteiger partial charge in [-0.25, -0.2) is 9.59 Å². The normalized spacial score (nSPS) is 13.4. The fourth-order valence-electron chi connectivity index (χ4n) is 4.56. The third-order valence-corrected chi connectivity index (χ3v) is 7.09. The SMILES string of the molecule is CC(=CCOc1c2occc2cc2ccc(=O)oc12)COC(C)(C)[C@H](O)COc1c2occc2cc2ccc(=O)oc12. The zero-order chi connectivity index (χ0) is 29.4. The van der Waals surface area contributed by atoms with Crippen molar-refractivity contribution in [3.63, 3.8) is 0 Å². The van der Waals surface area contributed by atoms with Crippen LogP contribution in [0.1, 0.15) is 20.8 Å². The van der Waals surface area contributed by atoms with Gasteiger partial charge in [0.15, 0.2) is 22.3 Å². The van der Waals surface area contributed by atoms with Crippen molar-refractivity contribution in [2.45, 2.75) is 32.5 Å². The van der Waals surface area contributed by atoms with Gasteiger partial charge >= 0.3 is 11.3 Å². The first-order valence-corrected chi connectivity index (χ1v) is 13.3. The van der Waals surface area contributed by atoms with Crippen LogP contribution in [0.4, 0.5) is 0 Å². The summed E-state index contributed by atoms with van der Waals surface area (Å²) in [6, 6.07) is 13.3. The Morgan fingerprint density at radius 3 is 1.90 bits per heavy atom. The highest BCUT2D eigenvalue weighted by molar-refractivity contribution is 6.00. The molecule has 10 nitrogen and oxygen atoms in total. The summed E-state index contributed by atoms with van der Waals surface area (Å²) in [6.07, 6.45) is 3.86. The fourth-order valence-corrected chi connectivity index (χ4v) is 4.56. The number of fused-ring (bicyclic) bond motifs is 4. The van der Waals surface area contributed by atoms with Gasteiger partial charge in [-0.1, -0.05) is 0 Å². The number of ether oxygens (including phenoxy) is 3. The van der Waals surface area contributed by atoms with Gasteiger partial charge in [0.2, 0.25) is 11.5 Å². The van der Waals surface area contributed by atoms with Crippen molar-refractivity contribution in [3.05, 3.63) is 93.5 Å². The Hall–Kier alpha value is -4.80. The van der Waals surface area contributed by atoms with Crippen LogP contribution in [-0.4, -0.2) is 36.6 Å². The molecule has 0 aliphatic heterocycles. The molecule has 0 unspecified atom stereocenters. The van der Waals surface area contributed by atoms with E-state index in [1.54, 1.807) is 38.3 Å². The molecular formula is C32H28O10. The van der Waals surface area contributed by atoms with E-state index in [-0.39, 0.29) is 31.2 Å². The Morgan fingerprint density at radius 2 is 1.33 bits per heavy atom. The van der Waals surface area contributed by atoms with E-state index in [1.165, 1.54) is 18.4 Å². The number of aliphatic hydroxyl groups is 1. The minimum atomic E-state index is -1.04. The number of hydrogen-bond acceptors (Lipinski definition) is 10. The van der Waals surface area contributed by atoms with Crippen LogP contribution in [-0.2, 0) is 4.74 Å². The van der Waals surface area contributed by atoms with Crippen LogP contribution in [0, 0.1) is 0 Å². The number of rotatable bonds is 10. The van der Waals surface area contributed by atoms with Gasteiger partial charge in [0.05, 0.1) is 24.7 Å². The van der Waals surface area contributed by atoms with Gasteiger partial charge in [-0.2, -0.15) is 0 Å². The van der Waals surface area contributed by atoms with Gasteiger partial charge < -0.3 is 37.0 Å². The maximum Gasteiger partial charge on any atom is 0.336 e. The van der Waals surface area contributed by atoms with Crippen molar-refractivity contribution in [2.75, 3.05) is 19.8 Å². The van der Waals surface area contributed by atoms with Crippen molar-refractivity contribution in [3.8, 4) is 11.5 Å². The van der Waals surface area contributed by atoms with Crippen LogP contribution in [0.3, 0.4) is 0 Å². The Balaban J connectivity index is 1.11. The summed E-state index contributed by atoms with van der Waals surface area (Å²) in [4.78, 5) is 23.7. The highest BCUT2D eigenvalue weighted by atomic mass is 16.5. The highest BCUT2D eigenvalue weighted by Crippen LogP contribution is 2.36. The Kier molecular flexibility index (Phi) is 7.09. The summed E-state index contributed by atoms with van der Waals surface area (Å²) in [5.74, 6) is 0.584. The molecule has 0 radical (unpaired) electrons. The standard InChI is InChI=1S/C32H28O10/c1-18(8-11-38-30-26-21(9-12-36-26)14-19-4-6-24(34)41-28(19)30)16-40-32(2,3)23(33)17-39-31-27-22(10-13-37-27)15-20-5-7-25(35)42-29(20)31/h4-10,12-15,23,33H,11,16-17H2,1-3H3/t23-/m1/s1. The predicted molar refractivity (Wildman–Crippen MR) is 155 cm³/mol. The maximum atomic E-state index is 11.9. The molecule has 216 valence electrons. The topological polar surface area (TPSA) is 135 Å². The van der Waals surface area contributed by atoms with Crippen LogP contribution in [0.2, 0.25) is 0 Å². The molecule has 1 N–H and O–H groups in total. The molecule has 42 heavy (non-hydrogen) atoms. The Morgan fingerprint density at radius 1 is 0.810 bits per heavy atom. The van der Waals surface area contributed by atoms with E-state index in [4.69, 9.17) is 31.9 Å². The summed E-state index contributed by atoms with van der Waals surface area (Å²) in [5.41, 5.74) is 0.305. The largest absolute Gasteiger partial charge is 0.483 e. The smallest absolute Gasteiger partial charge is 0.336 e. The van der Waals surface area contributed by atoms with Crippen molar-refractivity contribution < 1.29 is 37.0 Å². The summed E-state index contributed by atoms with van der Waals surface area (Å²) in [7, 11) is 0. The third-order valence-electron chi connectivity index (χ3n) is 7.09. The zero-order valence-electron chi connectivity index (χ0n) is 23.2. The van der Waals surface area contributed by atoms with E-state index in [0.717, 1.165) is 21.7 Å². The average Bonchev–Trinajstić information content (AvgIpc) is 3.63. The maximum absolute atomic E-state index is 11.9. The summed E-state index contributed by atoms with van der Waals surface area (Å²) in [6.45, 7) is 5.61. The van der Waals surface area contributed by atoms with Crippen LogP contribution < -0.4 is 20.7 Å². The summed E-state index contributed by atoms with van der Waals surface area (Å²) < 4.78 is 39.9. The quantitative estimate of drug-likeness (QED) is 0.155. The van der Waals surface area contributed by atoms with Crippen molar-refractivity contribution in [2.24, 2.45) is 0 Å².